The second-order valence-corrected chi connectivity index (χ2v) is 5.10. The van der Waals surface area contributed by atoms with Gasteiger partial charge in [-0.1, -0.05) is 18.2 Å². The molecule has 0 aliphatic rings. The van der Waals surface area contributed by atoms with Crippen molar-refractivity contribution in [3.8, 4) is 5.69 Å². The quantitative estimate of drug-likeness (QED) is 0.534. The molecule has 2 aromatic rings. The fourth-order valence-electron chi connectivity index (χ4n) is 2.17. The molecule has 0 spiro atoms. The Morgan fingerprint density at radius 1 is 1.17 bits per heavy atom. The monoisotopic (exact) mass is 314 g/mol. The van der Waals surface area contributed by atoms with Crippen LogP contribution in [0.15, 0.2) is 56.8 Å². The van der Waals surface area contributed by atoms with Crippen molar-refractivity contribution in [1.82, 2.24) is 9.36 Å². The van der Waals surface area contributed by atoms with Crippen molar-refractivity contribution >= 4 is 11.5 Å². The molecule has 0 saturated carbocycles. The van der Waals surface area contributed by atoms with Crippen molar-refractivity contribution in [3.05, 3.63) is 57.8 Å². The van der Waals surface area contributed by atoms with Gasteiger partial charge in [-0.2, -0.15) is 0 Å². The van der Waals surface area contributed by atoms with E-state index in [1.165, 1.54) is 18.5 Å². The summed E-state index contributed by atoms with van der Waals surface area (Å²) in [7, 11) is 1.74. The number of carbonyl (C=O) groups excluding carboxylic acids is 1. The molecule has 1 N–H and O–H groups in total. The van der Waals surface area contributed by atoms with Gasteiger partial charge in [0.25, 0.3) is 5.56 Å². The Morgan fingerprint density at radius 3 is 2.30 bits per heavy atom. The minimum Gasteiger partial charge on any atom is -0.510 e. The van der Waals surface area contributed by atoms with Crippen molar-refractivity contribution in [3.63, 3.8) is 0 Å². The molecule has 0 atom stereocenters. The molecule has 0 bridgehead atoms. The van der Waals surface area contributed by atoms with Gasteiger partial charge in [0, 0.05) is 14.0 Å². The Balaban J connectivity index is 2.57. The van der Waals surface area contributed by atoms with E-state index in [9.17, 15) is 14.7 Å². The van der Waals surface area contributed by atoms with E-state index in [2.05, 4.69) is 10.2 Å². The maximum Gasteiger partial charge on any atom is 0.299 e. The van der Waals surface area contributed by atoms with Crippen molar-refractivity contribution in [2.45, 2.75) is 20.8 Å². The summed E-state index contributed by atoms with van der Waals surface area (Å²) < 4.78 is 3.13. The van der Waals surface area contributed by atoms with E-state index in [-0.39, 0.29) is 22.7 Å². The number of Topliss-reactive ketones (excluding diaryl/α,β-unsaturated/α-hetero) is 1. The van der Waals surface area contributed by atoms with Gasteiger partial charge in [0.05, 0.1) is 11.4 Å². The van der Waals surface area contributed by atoms with Gasteiger partial charge in [-0.05, 0) is 26.0 Å². The zero-order valence-electron chi connectivity index (χ0n) is 13.4. The van der Waals surface area contributed by atoms with E-state index < -0.39 is 5.78 Å². The summed E-state index contributed by atoms with van der Waals surface area (Å²) in [5.41, 5.74) is 0.903. The molecule has 0 amide bonds. The number of hydrogen-bond donors (Lipinski definition) is 1. The summed E-state index contributed by atoms with van der Waals surface area (Å²) in [6.07, 6.45) is 0. The molecule has 7 heteroatoms. The minimum atomic E-state index is -0.425. The van der Waals surface area contributed by atoms with Crippen molar-refractivity contribution in [1.29, 1.82) is 0 Å². The van der Waals surface area contributed by atoms with E-state index >= 15 is 0 Å². The maximum atomic E-state index is 12.6. The Hall–Kier alpha value is -2.96. The lowest BCUT2D eigenvalue weighted by atomic mass is 10.3. The fraction of sp³-hybridized carbons (Fsp3) is 0.250. The number of carbonyl (C=O) groups is 1. The molecule has 0 unspecified atom stereocenters. The molecular weight excluding hydrogens is 296 g/mol. The predicted octanol–water partition coefficient (Wildman–Crippen LogP) is 2.95. The number of para-hydroxylation sites is 1. The molecule has 0 aliphatic heterocycles. The lowest BCUT2D eigenvalue weighted by Gasteiger charge is -2.07. The third kappa shape index (κ3) is 3.13. The molecule has 120 valence electrons. The van der Waals surface area contributed by atoms with Crippen LogP contribution in [0.1, 0.15) is 19.5 Å². The molecule has 1 aromatic heterocycles. The number of aromatic nitrogens is 2. The number of aliphatic hydroxyl groups excluding tert-OH is 1. The van der Waals surface area contributed by atoms with E-state index in [1.807, 2.05) is 18.2 Å². The highest BCUT2D eigenvalue weighted by atomic mass is 16.3. The Morgan fingerprint density at radius 2 is 1.78 bits per heavy atom. The number of ketones is 1. The summed E-state index contributed by atoms with van der Waals surface area (Å²) >= 11 is 0. The van der Waals surface area contributed by atoms with Crippen LogP contribution in [-0.2, 0) is 11.8 Å². The molecule has 7 nitrogen and oxygen atoms in total. The van der Waals surface area contributed by atoms with Gasteiger partial charge in [0.1, 0.15) is 5.76 Å². The Bertz CT molecular complexity index is 853. The molecule has 0 saturated heterocycles. The topological polar surface area (TPSA) is 89.0 Å². The third-order valence-corrected chi connectivity index (χ3v) is 3.45. The maximum absolute atomic E-state index is 12.6. The van der Waals surface area contributed by atoms with Crippen LogP contribution in [0.25, 0.3) is 5.69 Å². The average molecular weight is 314 g/mol. The second-order valence-electron chi connectivity index (χ2n) is 5.10. The zero-order chi connectivity index (χ0) is 17.1. The molecular formula is C16H18N4O3. The van der Waals surface area contributed by atoms with Crippen LogP contribution < -0.4 is 5.56 Å². The van der Waals surface area contributed by atoms with E-state index in [4.69, 9.17) is 0 Å². The number of allylic oxidation sites excluding steroid dienone is 2. The van der Waals surface area contributed by atoms with Gasteiger partial charge in [-0.3, -0.25) is 14.3 Å². The fourth-order valence-corrected chi connectivity index (χ4v) is 2.17. The van der Waals surface area contributed by atoms with Gasteiger partial charge in [-0.15, -0.1) is 10.2 Å². The van der Waals surface area contributed by atoms with Gasteiger partial charge < -0.3 is 5.11 Å². The molecule has 0 aliphatic carbocycles. The smallest absolute Gasteiger partial charge is 0.299 e. The first kappa shape index (κ1) is 16.4. The number of benzene rings is 1. The molecule has 1 aromatic carbocycles. The highest BCUT2D eigenvalue weighted by Crippen LogP contribution is 2.18. The van der Waals surface area contributed by atoms with Gasteiger partial charge in [-0.25, -0.2) is 4.68 Å². The third-order valence-electron chi connectivity index (χ3n) is 3.45. The number of aliphatic hydroxyl groups is 1. The highest BCUT2D eigenvalue weighted by molar-refractivity contribution is 5.93. The molecule has 2 rings (SSSR count). The van der Waals surface area contributed by atoms with Crippen LogP contribution in [0.3, 0.4) is 0 Å². The van der Waals surface area contributed by atoms with Crippen molar-refractivity contribution < 1.29 is 9.90 Å². The number of rotatable bonds is 4. The lowest BCUT2D eigenvalue weighted by Crippen LogP contribution is -2.19. The van der Waals surface area contributed by atoms with Crippen LogP contribution >= 0.6 is 0 Å². The largest absolute Gasteiger partial charge is 0.510 e. The van der Waals surface area contributed by atoms with Crippen LogP contribution in [0.5, 0.6) is 0 Å². The Kier molecular flexibility index (Phi) is 4.59. The van der Waals surface area contributed by atoms with Crippen LogP contribution in [0.4, 0.5) is 5.69 Å². The summed E-state index contributed by atoms with van der Waals surface area (Å²) in [5.74, 6) is -0.663. The van der Waals surface area contributed by atoms with Gasteiger partial charge in [0.15, 0.2) is 17.2 Å². The summed E-state index contributed by atoms with van der Waals surface area (Å²) in [5, 5.41) is 17.1. The van der Waals surface area contributed by atoms with E-state index in [0.717, 1.165) is 0 Å². The van der Waals surface area contributed by atoms with E-state index in [1.54, 1.807) is 30.8 Å². The SMILES string of the molecule is CC(=O)/C(N=Nc1c(C)n(C)n(-c2ccccc2)c1=O)=C(\C)O. The van der Waals surface area contributed by atoms with Crippen LogP contribution in [0, 0.1) is 6.92 Å². The first-order valence-corrected chi connectivity index (χ1v) is 7.01. The van der Waals surface area contributed by atoms with Crippen molar-refractivity contribution in [2.24, 2.45) is 17.3 Å². The van der Waals surface area contributed by atoms with Gasteiger partial charge in [0.2, 0.25) is 0 Å². The minimum absolute atomic E-state index is 0.122. The lowest BCUT2D eigenvalue weighted by molar-refractivity contribution is -0.113. The average Bonchev–Trinajstić information content (AvgIpc) is 2.71. The normalized spacial score (nSPS) is 12.5. The first-order chi connectivity index (χ1) is 10.8. The summed E-state index contributed by atoms with van der Waals surface area (Å²) in [6.45, 7) is 4.35. The number of azo groups is 1. The van der Waals surface area contributed by atoms with Crippen molar-refractivity contribution in [2.75, 3.05) is 0 Å². The number of hydrogen-bond acceptors (Lipinski definition) is 5. The Labute approximate surface area is 133 Å². The summed E-state index contributed by atoms with van der Waals surface area (Å²) in [6, 6.07) is 9.13. The standard InChI is InChI=1S/C16H18N4O3/c1-10-14(17-18-15(11(2)21)12(3)22)16(23)20(19(10)4)13-8-6-5-7-9-13/h5-9,21H,1-4H3/b15-11-,18-17?. The zero-order valence-corrected chi connectivity index (χ0v) is 13.4. The first-order valence-electron chi connectivity index (χ1n) is 7.01. The molecule has 1 heterocycles. The highest BCUT2D eigenvalue weighted by Gasteiger charge is 2.16. The van der Waals surface area contributed by atoms with Gasteiger partial charge >= 0.3 is 0 Å². The van der Waals surface area contributed by atoms with E-state index in [0.29, 0.717) is 11.4 Å². The summed E-state index contributed by atoms with van der Waals surface area (Å²) in [4.78, 5) is 24.0. The molecule has 0 radical (unpaired) electrons. The predicted molar refractivity (Wildman–Crippen MR) is 86.3 cm³/mol. The van der Waals surface area contributed by atoms with Crippen LogP contribution in [0.2, 0.25) is 0 Å². The second kappa shape index (κ2) is 6.43. The molecule has 23 heavy (non-hydrogen) atoms. The molecule has 0 fully saturated rings. The van der Waals surface area contributed by atoms with Crippen LogP contribution in [-0.4, -0.2) is 20.3 Å². The number of nitrogens with zero attached hydrogens (tertiary/aromatic N) is 4.